The molecule has 0 aliphatic carbocycles. The fraction of sp³-hybridized carbons (Fsp3) is 0.0476. The molecule has 34 heavy (non-hydrogen) atoms. The van der Waals surface area contributed by atoms with Crippen molar-refractivity contribution < 1.29 is 8.42 Å². The summed E-state index contributed by atoms with van der Waals surface area (Å²) in [5.41, 5.74) is 1.47. The molecule has 0 unspecified atom stereocenters. The van der Waals surface area contributed by atoms with Crippen molar-refractivity contribution in [2.45, 2.75) is 11.4 Å². The Morgan fingerprint density at radius 3 is 2.35 bits per heavy atom. The largest absolute Gasteiger partial charge is 0.332 e. The molecule has 0 aliphatic heterocycles. The van der Waals surface area contributed by atoms with Crippen molar-refractivity contribution in [3.8, 4) is 0 Å². The molecule has 13 heteroatoms. The minimum Gasteiger partial charge on any atom is -0.332 e. The highest BCUT2D eigenvalue weighted by molar-refractivity contribution is 7.92. The predicted molar refractivity (Wildman–Crippen MR) is 137 cm³/mol. The molecular weight excluding hydrogens is 517 g/mol. The molecule has 0 radical (unpaired) electrons. The van der Waals surface area contributed by atoms with E-state index in [0.717, 1.165) is 5.56 Å². The highest BCUT2D eigenvalue weighted by Gasteiger charge is 2.16. The fourth-order valence-electron chi connectivity index (χ4n) is 2.88. The van der Waals surface area contributed by atoms with Crippen molar-refractivity contribution in [1.82, 2.24) is 19.7 Å². The number of halogens is 2. The van der Waals surface area contributed by atoms with Crippen LogP contribution < -0.4 is 15.4 Å². The molecule has 4 aromatic rings. The Morgan fingerprint density at radius 1 is 0.941 bits per heavy atom. The maximum absolute atomic E-state index is 12.5. The van der Waals surface area contributed by atoms with E-state index in [1.165, 1.54) is 24.5 Å². The maximum Gasteiger partial charge on any atom is 0.264 e. The molecule has 174 valence electrons. The van der Waals surface area contributed by atoms with Crippen LogP contribution in [0.2, 0.25) is 10.0 Å². The van der Waals surface area contributed by atoms with Crippen molar-refractivity contribution in [3.05, 3.63) is 88.8 Å². The van der Waals surface area contributed by atoms with Gasteiger partial charge in [0.25, 0.3) is 10.0 Å². The second-order valence-corrected chi connectivity index (χ2v) is 9.80. The number of hydrogen-bond donors (Lipinski definition) is 3. The summed E-state index contributed by atoms with van der Waals surface area (Å²) < 4.78 is 28.9. The first-order chi connectivity index (χ1) is 16.3. The Kier molecular flexibility index (Phi) is 7.27. The molecular formula is C21H17Cl2N7O2S2. The van der Waals surface area contributed by atoms with Gasteiger partial charge in [-0.1, -0.05) is 41.4 Å². The molecule has 0 atom stereocenters. The smallest absolute Gasteiger partial charge is 0.264 e. The molecule has 3 N–H and O–H groups in total. The molecule has 0 saturated carbocycles. The average Bonchev–Trinajstić information content (AvgIpc) is 3.14. The number of hydrogen-bond acceptors (Lipinski definition) is 6. The van der Waals surface area contributed by atoms with Crippen molar-refractivity contribution in [3.63, 3.8) is 0 Å². The van der Waals surface area contributed by atoms with Crippen molar-refractivity contribution in [2.75, 3.05) is 15.4 Å². The van der Waals surface area contributed by atoms with Gasteiger partial charge in [-0.15, -0.1) is 0 Å². The Balaban J connectivity index is 1.38. The van der Waals surface area contributed by atoms with Crippen molar-refractivity contribution in [1.29, 1.82) is 0 Å². The van der Waals surface area contributed by atoms with Gasteiger partial charge < -0.3 is 10.6 Å². The van der Waals surface area contributed by atoms with Gasteiger partial charge in [-0.25, -0.2) is 23.1 Å². The second-order valence-electron chi connectivity index (χ2n) is 6.90. The fourth-order valence-corrected chi connectivity index (χ4v) is 4.45. The van der Waals surface area contributed by atoms with E-state index < -0.39 is 10.0 Å². The third kappa shape index (κ3) is 6.00. The van der Waals surface area contributed by atoms with E-state index in [0.29, 0.717) is 28.1 Å². The Morgan fingerprint density at radius 2 is 1.65 bits per heavy atom. The lowest BCUT2D eigenvalue weighted by Crippen LogP contribution is -2.20. The van der Waals surface area contributed by atoms with E-state index in [1.54, 1.807) is 29.1 Å². The molecule has 2 aromatic carbocycles. The van der Waals surface area contributed by atoms with Crippen LogP contribution >= 0.6 is 35.4 Å². The first-order valence-electron chi connectivity index (χ1n) is 9.74. The maximum atomic E-state index is 12.5. The quantitative estimate of drug-likeness (QED) is 0.294. The molecule has 2 heterocycles. The summed E-state index contributed by atoms with van der Waals surface area (Å²) in [5, 5.41) is 11.6. The van der Waals surface area contributed by atoms with Crippen LogP contribution in [-0.4, -0.2) is 33.3 Å². The first kappa shape index (κ1) is 23.9. The summed E-state index contributed by atoms with van der Waals surface area (Å²) in [6, 6.07) is 15.1. The van der Waals surface area contributed by atoms with Crippen LogP contribution in [0.25, 0.3) is 0 Å². The van der Waals surface area contributed by atoms with Crippen LogP contribution in [-0.2, 0) is 16.6 Å². The van der Waals surface area contributed by atoms with Gasteiger partial charge in [0.2, 0.25) is 5.95 Å². The van der Waals surface area contributed by atoms with E-state index in [-0.39, 0.29) is 16.0 Å². The summed E-state index contributed by atoms with van der Waals surface area (Å²) in [6.45, 7) is 0.444. The van der Waals surface area contributed by atoms with Crippen LogP contribution in [0.4, 0.5) is 17.5 Å². The van der Waals surface area contributed by atoms with Gasteiger partial charge in [0.1, 0.15) is 5.02 Å². The van der Waals surface area contributed by atoms with Gasteiger partial charge in [0.15, 0.2) is 10.9 Å². The number of sulfonamides is 1. The molecule has 9 nitrogen and oxygen atoms in total. The number of benzene rings is 2. The third-order valence-electron chi connectivity index (χ3n) is 4.45. The summed E-state index contributed by atoms with van der Waals surface area (Å²) >= 11 is 17.8. The summed E-state index contributed by atoms with van der Waals surface area (Å²) in [7, 11) is -3.83. The second kappa shape index (κ2) is 10.3. The van der Waals surface area contributed by atoms with Crippen LogP contribution in [0.1, 0.15) is 5.56 Å². The SMILES string of the molecule is O=S(=O)(Nc1ncccn1)c1ccc(NC(=S)Nc2nn(Cc3ccccc3Cl)cc2Cl)cc1. The summed E-state index contributed by atoms with van der Waals surface area (Å²) in [4.78, 5) is 7.76. The molecule has 4 rings (SSSR count). The van der Waals surface area contributed by atoms with Gasteiger partial charge in [-0.3, -0.25) is 4.68 Å². The number of nitrogens with zero attached hydrogens (tertiary/aromatic N) is 4. The Labute approximate surface area is 211 Å². The monoisotopic (exact) mass is 533 g/mol. The normalized spacial score (nSPS) is 11.1. The number of anilines is 3. The van der Waals surface area contributed by atoms with Crippen LogP contribution in [0.5, 0.6) is 0 Å². The average molecular weight is 534 g/mol. The first-order valence-corrected chi connectivity index (χ1v) is 12.4. The molecule has 0 bridgehead atoms. The topological polar surface area (TPSA) is 114 Å². The zero-order chi connectivity index (χ0) is 24.1. The van der Waals surface area contributed by atoms with E-state index in [4.69, 9.17) is 35.4 Å². The molecule has 0 spiro atoms. The third-order valence-corrected chi connectivity index (χ3v) is 6.65. The van der Waals surface area contributed by atoms with Gasteiger partial charge in [0.05, 0.1) is 11.4 Å². The standard InChI is InChI=1S/C21H17Cl2N7O2S2/c22-17-5-2-1-4-14(17)12-30-13-18(23)19(28-30)27-21(33)26-15-6-8-16(9-7-15)34(31,32)29-20-24-10-3-11-25-20/h1-11,13H,12H2,(H,24,25,29)(H2,26,27,28,33). The van der Waals surface area contributed by atoms with E-state index in [2.05, 4.69) is 30.4 Å². The highest BCUT2D eigenvalue weighted by Crippen LogP contribution is 2.23. The number of rotatable bonds is 7. The highest BCUT2D eigenvalue weighted by atomic mass is 35.5. The van der Waals surface area contributed by atoms with Crippen molar-refractivity contribution in [2.24, 2.45) is 0 Å². The molecule has 2 aromatic heterocycles. The lowest BCUT2D eigenvalue weighted by atomic mass is 10.2. The lowest BCUT2D eigenvalue weighted by molar-refractivity contribution is 0.601. The van der Waals surface area contributed by atoms with Gasteiger partial charge >= 0.3 is 0 Å². The molecule has 0 amide bonds. The van der Waals surface area contributed by atoms with Crippen molar-refractivity contribution >= 4 is 68.0 Å². The molecule has 0 fully saturated rings. The zero-order valence-electron chi connectivity index (χ0n) is 17.3. The Hall–Kier alpha value is -3.25. The number of aromatic nitrogens is 4. The number of thiocarbonyl (C=S) groups is 1. The Bertz CT molecular complexity index is 1410. The van der Waals surface area contributed by atoms with E-state index >= 15 is 0 Å². The molecule has 0 aliphatic rings. The van der Waals surface area contributed by atoms with Crippen LogP contribution in [0, 0.1) is 0 Å². The van der Waals surface area contributed by atoms with E-state index in [1.807, 2.05) is 24.3 Å². The predicted octanol–water partition coefficient (Wildman–Crippen LogP) is 4.64. The lowest BCUT2D eigenvalue weighted by Gasteiger charge is -2.10. The summed E-state index contributed by atoms with van der Waals surface area (Å²) in [5.74, 6) is 0.360. The zero-order valence-corrected chi connectivity index (χ0v) is 20.5. The van der Waals surface area contributed by atoms with Crippen LogP contribution in [0.3, 0.4) is 0 Å². The molecule has 0 saturated heterocycles. The van der Waals surface area contributed by atoms with E-state index in [9.17, 15) is 8.42 Å². The van der Waals surface area contributed by atoms with Gasteiger partial charge in [-0.2, -0.15) is 5.10 Å². The number of nitrogens with one attached hydrogen (secondary N) is 3. The van der Waals surface area contributed by atoms with Gasteiger partial charge in [0, 0.05) is 29.3 Å². The van der Waals surface area contributed by atoms with Gasteiger partial charge in [-0.05, 0) is 54.2 Å². The minimum absolute atomic E-state index is 0.0130. The van der Waals surface area contributed by atoms with Crippen LogP contribution in [0.15, 0.2) is 78.1 Å². The summed E-state index contributed by atoms with van der Waals surface area (Å²) in [6.07, 6.45) is 4.55. The minimum atomic E-state index is -3.83.